The van der Waals surface area contributed by atoms with Gasteiger partial charge in [-0.1, -0.05) is 36.1 Å². The van der Waals surface area contributed by atoms with E-state index in [0.717, 1.165) is 16.7 Å². The predicted octanol–water partition coefficient (Wildman–Crippen LogP) is 4.98. The molecule has 0 fully saturated rings. The number of carbonyl (C=O) groups is 2. The lowest BCUT2D eigenvalue weighted by atomic mass is 9.72. The van der Waals surface area contributed by atoms with Crippen molar-refractivity contribution >= 4 is 89.3 Å². The molecule has 0 saturated carbocycles. The Hall–Kier alpha value is -6.80. The average molecular weight is 730 g/mol. The molecule has 260 valence electrons. The van der Waals surface area contributed by atoms with Crippen LogP contribution in [0.2, 0.25) is 0 Å². The number of phenols is 8. The van der Waals surface area contributed by atoms with Crippen molar-refractivity contribution in [3.63, 3.8) is 0 Å². The number of ketones is 1. The Morgan fingerprint density at radius 1 is 0.574 bits per heavy atom. The first-order valence-electron chi connectivity index (χ1n) is 17.5. The number of benzene rings is 6. The molecular weight excluding hydrogens is 707 g/mol. The van der Waals surface area contributed by atoms with Gasteiger partial charge in [-0.05, 0) is 35.9 Å². The van der Waals surface area contributed by atoms with E-state index >= 15 is 0 Å². The highest BCUT2D eigenvalue weighted by molar-refractivity contribution is 8.14. The van der Waals surface area contributed by atoms with Gasteiger partial charge in [0.25, 0.3) is 0 Å². The minimum atomic E-state index is -0.543. The monoisotopic (exact) mass is 729 g/mol. The zero-order chi connectivity index (χ0) is 36.0. The molecule has 14 heteroatoms. The summed E-state index contributed by atoms with van der Waals surface area (Å²) in [7, 11) is 0. The lowest BCUT2D eigenvalue weighted by Gasteiger charge is -2.29. The zero-order valence-corrected chi connectivity index (χ0v) is 28.4. The maximum atomic E-state index is 13.4. The van der Waals surface area contributed by atoms with Crippen LogP contribution in [0, 0.1) is 0 Å². The van der Waals surface area contributed by atoms with Crippen LogP contribution in [0.3, 0.4) is 0 Å². The maximum absolute atomic E-state index is 13.4. The third-order valence-corrected chi connectivity index (χ3v) is 13.1. The van der Waals surface area contributed by atoms with E-state index in [1.54, 1.807) is 24.3 Å². The van der Waals surface area contributed by atoms with E-state index in [9.17, 15) is 30.0 Å². The number of allylic oxidation sites excluding steroid dienone is 3. The summed E-state index contributed by atoms with van der Waals surface area (Å²) in [6, 6.07) is 6.97. The van der Waals surface area contributed by atoms with Crippen molar-refractivity contribution in [1.29, 1.82) is 0 Å². The molecule has 4 unspecified atom stereocenters. The number of aromatic hydroxyl groups is 4. The number of nitrogens with one attached hydrogen (secondary N) is 4. The molecular formula is C40H23N7O6S. The van der Waals surface area contributed by atoms with Crippen molar-refractivity contribution in [2.75, 3.05) is 0 Å². The van der Waals surface area contributed by atoms with Crippen LogP contribution in [0.5, 0.6) is 23.0 Å². The number of hydrogen-bond acceptors (Lipinski definition) is 10. The van der Waals surface area contributed by atoms with Crippen molar-refractivity contribution in [3.05, 3.63) is 98.3 Å². The number of carbonyl (C=O) groups excluding carboxylic acids is 2. The first-order chi connectivity index (χ1) is 26.2. The lowest BCUT2D eigenvalue weighted by molar-refractivity contribution is -0.120. The van der Waals surface area contributed by atoms with Crippen molar-refractivity contribution in [3.8, 4) is 23.0 Å². The Morgan fingerprint density at radius 3 is 1.76 bits per heavy atom. The summed E-state index contributed by atoms with van der Waals surface area (Å²) in [5.74, 6) is -1.10. The number of hydrogen-bond donors (Lipinski definition) is 8. The van der Waals surface area contributed by atoms with Crippen LogP contribution >= 0.6 is 11.8 Å². The average Bonchev–Trinajstić information content (AvgIpc) is 3.93. The molecule has 54 heavy (non-hydrogen) atoms. The van der Waals surface area contributed by atoms with Gasteiger partial charge in [0.2, 0.25) is 5.12 Å². The van der Waals surface area contributed by atoms with E-state index in [2.05, 4.69) is 19.9 Å². The Bertz CT molecular complexity index is 3240. The summed E-state index contributed by atoms with van der Waals surface area (Å²) in [6.07, 6.45) is 10.1. The second-order valence-electron chi connectivity index (χ2n) is 14.6. The first-order valence-corrected chi connectivity index (χ1v) is 18.4. The summed E-state index contributed by atoms with van der Waals surface area (Å²) < 4.78 is 0. The second-order valence-corrected chi connectivity index (χ2v) is 15.8. The van der Waals surface area contributed by atoms with Gasteiger partial charge in [-0.2, -0.15) is 0 Å². The van der Waals surface area contributed by atoms with Gasteiger partial charge in [0.05, 0.1) is 22.8 Å². The van der Waals surface area contributed by atoms with Gasteiger partial charge in [-0.3, -0.25) is 9.59 Å². The van der Waals surface area contributed by atoms with Crippen molar-refractivity contribution in [2.24, 2.45) is 15.0 Å². The predicted molar refractivity (Wildman–Crippen MR) is 199 cm³/mol. The number of thioether (sulfide) groups is 1. The Morgan fingerprint density at radius 2 is 1.13 bits per heavy atom. The van der Waals surface area contributed by atoms with Gasteiger partial charge in [-0.15, -0.1) is 0 Å². The molecule has 0 amide bonds. The summed E-state index contributed by atoms with van der Waals surface area (Å²) in [4.78, 5) is 56.0. The number of aromatic nitrogens is 4. The number of fused-ring (bicyclic) bond motifs is 14. The Labute approximate surface area is 304 Å². The summed E-state index contributed by atoms with van der Waals surface area (Å²) in [5, 5.41) is 48.6. The van der Waals surface area contributed by atoms with Crippen LogP contribution in [0.25, 0.3) is 49.2 Å². The van der Waals surface area contributed by atoms with Gasteiger partial charge in [0.15, 0.2) is 23.0 Å². The molecule has 17 rings (SSSR count). The van der Waals surface area contributed by atoms with Crippen LogP contribution in [0.15, 0.2) is 63.5 Å². The highest BCUT2D eigenvalue weighted by atomic mass is 32.2. The summed E-state index contributed by atoms with van der Waals surface area (Å²) >= 11 is 1.24. The number of Topliss-reactive ketones (excluding diaryl/α,β-unsaturated/α-hetero) is 1. The van der Waals surface area contributed by atoms with Crippen molar-refractivity contribution in [2.45, 2.75) is 29.4 Å². The molecule has 4 aliphatic carbocycles. The van der Waals surface area contributed by atoms with Crippen molar-refractivity contribution < 1.29 is 30.0 Å². The molecule has 4 aromatic heterocycles. The second kappa shape index (κ2) is 9.22. The number of phenolic OH excluding ortho intramolecular Hbond substituents is 4. The molecule has 0 saturated heterocycles. The van der Waals surface area contributed by atoms with Crippen LogP contribution in [0.4, 0.5) is 17.5 Å². The molecule has 6 aromatic carbocycles. The number of H-pyrrole nitrogens is 4. The van der Waals surface area contributed by atoms with E-state index < -0.39 is 11.8 Å². The molecule has 16 bridgehead atoms. The summed E-state index contributed by atoms with van der Waals surface area (Å²) in [5.41, 5.74) is 5.18. The Balaban J connectivity index is 1.25. The minimum absolute atomic E-state index is 0.0231. The lowest BCUT2D eigenvalue weighted by Crippen LogP contribution is -2.30. The molecule has 7 aliphatic rings. The standard InChI is InChI=1S/C40H23N7O6S/c48-20-9-11-1-2-12(20)25-22(11)34-43-35-26-14-4-3-13(30(49)31(14)50)23(26)18(41-35)10-19-24-17-7-8-21(54-40(17)53)29(24)39(42-19)47-38-28-16-6-5-15(32(51)33(16)52)27(28)37(46-38)45-36(25)44-34/h1-8,10-12,17,21,49-52H,9H2,(H4,41,42,43,44,45,46,47). The maximum Gasteiger partial charge on any atom is 0.201 e. The molecule has 13 nitrogen and oxygen atoms in total. The van der Waals surface area contributed by atoms with Gasteiger partial charge in [0.1, 0.15) is 39.7 Å². The topological polar surface area (TPSA) is 215 Å². The van der Waals surface area contributed by atoms with Gasteiger partial charge >= 0.3 is 0 Å². The van der Waals surface area contributed by atoms with Gasteiger partial charge < -0.3 is 40.4 Å². The minimum Gasteiger partial charge on any atom is -0.504 e. The molecule has 3 aliphatic heterocycles. The third kappa shape index (κ3) is 3.24. The van der Waals surface area contributed by atoms with E-state index in [4.69, 9.17) is 15.0 Å². The van der Waals surface area contributed by atoms with Gasteiger partial charge in [0, 0.05) is 77.5 Å². The van der Waals surface area contributed by atoms with E-state index in [-0.39, 0.29) is 45.1 Å². The zero-order valence-electron chi connectivity index (χ0n) is 27.6. The number of nitrogens with zero attached hydrogens (tertiary/aromatic N) is 3. The Kier molecular flexibility index (Phi) is 4.91. The van der Waals surface area contributed by atoms with Gasteiger partial charge in [-0.25, -0.2) is 15.0 Å². The smallest absolute Gasteiger partial charge is 0.201 e. The normalized spacial score (nSPS) is 22.0. The molecule has 4 atom stereocenters. The molecule has 7 heterocycles. The number of rotatable bonds is 0. The molecule has 0 radical (unpaired) electrons. The molecule has 0 spiro atoms. The third-order valence-electron chi connectivity index (χ3n) is 12.0. The van der Waals surface area contributed by atoms with E-state index in [1.165, 1.54) is 11.8 Å². The fourth-order valence-corrected chi connectivity index (χ4v) is 10.8. The summed E-state index contributed by atoms with van der Waals surface area (Å²) in [6.45, 7) is 0. The first kappa shape index (κ1) is 28.7. The van der Waals surface area contributed by atoms with Crippen molar-refractivity contribution in [1.82, 2.24) is 19.9 Å². The molecule has 10 aromatic rings. The fraction of sp³-hybridized carbons (Fsp3) is 0.125. The SMILES string of the molecule is O=C1SC2C=CC1c1c2c2[nH]c1=Cc1[nH]c(c3c4ccc(c(O)c4O)c13)N=c1[nH]c(c3c1C1C=CC3C(=O)C1)=Nc1[nH]c(c3c4ccc(c(O)c4O)c13)N=2. The van der Waals surface area contributed by atoms with Crippen LogP contribution < -0.4 is 21.8 Å². The number of aromatic amines is 4. The van der Waals surface area contributed by atoms with Crippen LogP contribution in [-0.4, -0.2) is 51.3 Å². The van der Waals surface area contributed by atoms with E-state index in [1.807, 2.05) is 30.4 Å². The van der Waals surface area contributed by atoms with Crippen LogP contribution in [0.1, 0.15) is 57.4 Å². The molecule has 8 N–H and O–H groups in total. The highest BCUT2D eigenvalue weighted by Gasteiger charge is 2.41. The fourth-order valence-electron chi connectivity index (χ4n) is 9.70. The highest BCUT2D eigenvalue weighted by Crippen LogP contribution is 2.52. The quantitative estimate of drug-likeness (QED) is 0.0790. The largest absolute Gasteiger partial charge is 0.504 e. The van der Waals surface area contributed by atoms with Crippen LogP contribution in [-0.2, 0) is 9.59 Å². The van der Waals surface area contributed by atoms with E-state index in [0.29, 0.717) is 100 Å².